The van der Waals surface area contributed by atoms with Crippen molar-refractivity contribution >= 4 is 46.4 Å². The maximum atomic E-state index is 12.2. The third-order valence-electron chi connectivity index (χ3n) is 3.07. The zero-order chi connectivity index (χ0) is 18.2. The number of benzene rings is 2. The largest absolute Gasteiger partial charge is 0.347 e. The Kier molecular flexibility index (Phi) is 6.91. The quantitative estimate of drug-likeness (QED) is 0.538. The van der Waals surface area contributed by atoms with Gasteiger partial charge in [0.25, 0.3) is 0 Å². The van der Waals surface area contributed by atoms with Crippen LogP contribution in [0.5, 0.6) is 0 Å². The highest BCUT2D eigenvalue weighted by Crippen LogP contribution is 2.30. The second kappa shape index (κ2) is 9.15. The van der Waals surface area contributed by atoms with E-state index in [2.05, 4.69) is 5.32 Å². The van der Waals surface area contributed by atoms with Crippen LogP contribution in [0.3, 0.4) is 0 Å². The minimum Gasteiger partial charge on any atom is -0.347 e. The molecule has 0 aliphatic carbocycles. The Hall–Kier alpha value is -2.44. The number of halogens is 2. The summed E-state index contributed by atoms with van der Waals surface area (Å²) in [6.07, 6.45) is 0. The Morgan fingerprint density at radius 2 is 1.76 bits per heavy atom. The van der Waals surface area contributed by atoms with Gasteiger partial charge in [0.15, 0.2) is 11.4 Å². The molecule has 0 radical (unpaired) electrons. The maximum Gasteiger partial charge on any atom is 0.173 e. The van der Waals surface area contributed by atoms with Crippen molar-refractivity contribution in [3.63, 3.8) is 0 Å². The molecule has 2 aromatic rings. The average Bonchev–Trinajstić information content (AvgIpc) is 2.63. The van der Waals surface area contributed by atoms with E-state index < -0.39 is 0 Å². The van der Waals surface area contributed by atoms with Gasteiger partial charge in [-0.3, -0.25) is 4.79 Å². The molecule has 25 heavy (non-hydrogen) atoms. The number of nitrogens with zero attached hydrogens (tertiary/aromatic N) is 2. The van der Waals surface area contributed by atoms with Gasteiger partial charge in [-0.2, -0.15) is 10.5 Å². The van der Waals surface area contributed by atoms with E-state index in [-0.39, 0.29) is 22.1 Å². The molecule has 0 atom stereocenters. The summed E-state index contributed by atoms with van der Waals surface area (Å²) in [7, 11) is 0. The van der Waals surface area contributed by atoms with Crippen molar-refractivity contribution in [2.45, 2.75) is 0 Å². The van der Waals surface area contributed by atoms with Gasteiger partial charge in [0, 0.05) is 10.6 Å². The van der Waals surface area contributed by atoms with Crippen LogP contribution in [0.25, 0.3) is 0 Å². The fraction of sp³-hybridized carbons (Fsp3) is 0.0556. The van der Waals surface area contributed by atoms with Crippen LogP contribution in [0.4, 0.5) is 5.69 Å². The number of rotatable bonds is 6. The van der Waals surface area contributed by atoms with Gasteiger partial charge in [0.05, 0.1) is 16.5 Å². The van der Waals surface area contributed by atoms with Crippen molar-refractivity contribution < 1.29 is 4.79 Å². The average molecular weight is 388 g/mol. The highest BCUT2D eigenvalue weighted by atomic mass is 35.5. The Morgan fingerprint density at radius 3 is 2.36 bits per heavy atom. The van der Waals surface area contributed by atoms with E-state index in [0.717, 1.165) is 11.8 Å². The van der Waals surface area contributed by atoms with E-state index in [4.69, 9.17) is 33.7 Å². The third kappa shape index (κ3) is 5.27. The number of hydrogen-bond acceptors (Lipinski definition) is 5. The number of nitriles is 2. The second-order valence-electron chi connectivity index (χ2n) is 4.75. The third-order valence-corrected chi connectivity index (χ3v) is 4.62. The molecule has 124 valence electrons. The van der Waals surface area contributed by atoms with Crippen molar-refractivity contribution in [3.8, 4) is 12.1 Å². The first-order valence-corrected chi connectivity index (χ1v) is 8.77. The molecule has 0 heterocycles. The monoisotopic (exact) mass is 387 g/mol. The predicted molar refractivity (Wildman–Crippen MR) is 102 cm³/mol. The molecule has 0 saturated heterocycles. The molecule has 0 spiro atoms. The normalized spacial score (nSPS) is 9.60. The van der Waals surface area contributed by atoms with Gasteiger partial charge in [-0.05, 0) is 18.2 Å². The first kappa shape index (κ1) is 18.9. The molecule has 2 rings (SSSR count). The number of anilines is 1. The summed E-state index contributed by atoms with van der Waals surface area (Å²) in [5.74, 6) is -0.0351. The molecule has 1 N–H and O–H groups in total. The van der Waals surface area contributed by atoms with Crippen molar-refractivity contribution in [2.24, 2.45) is 0 Å². The summed E-state index contributed by atoms with van der Waals surface area (Å²) in [5.41, 5.74) is 0.926. The number of carbonyl (C=O) groups is 1. The number of allylic oxidation sites excluding steroid dienone is 1. The summed E-state index contributed by atoms with van der Waals surface area (Å²) in [4.78, 5) is 12.2. The van der Waals surface area contributed by atoms with Crippen molar-refractivity contribution in [1.82, 2.24) is 0 Å². The Morgan fingerprint density at radius 1 is 1.08 bits per heavy atom. The first-order chi connectivity index (χ1) is 12.0. The molecule has 0 bridgehead atoms. The first-order valence-electron chi connectivity index (χ1n) is 7.02. The Labute approximate surface area is 159 Å². The number of ketones is 1. The zero-order valence-corrected chi connectivity index (χ0v) is 15.1. The van der Waals surface area contributed by atoms with Gasteiger partial charge in [0.1, 0.15) is 17.2 Å². The van der Waals surface area contributed by atoms with Crippen LogP contribution < -0.4 is 5.32 Å². The second-order valence-corrected chi connectivity index (χ2v) is 6.58. The van der Waals surface area contributed by atoms with E-state index in [1.54, 1.807) is 42.5 Å². The summed E-state index contributed by atoms with van der Waals surface area (Å²) < 4.78 is 0. The molecule has 7 heteroatoms. The molecule has 2 aromatic carbocycles. The summed E-state index contributed by atoms with van der Waals surface area (Å²) in [5, 5.41) is 22.3. The molecule has 0 aliphatic heterocycles. The van der Waals surface area contributed by atoms with E-state index in [1.165, 1.54) is 0 Å². The van der Waals surface area contributed by atoms with E-state index in [9.17, 15) is 4.79 Å². The smallest absolute Gasteiger partial charge is 0.173 e. The lowest BCUT2D eigenvalue weighted by atomic mass is 10.2. The topological polar surface area (TPSA) is 76.7 Å². The minimum atomic E-state index is -0.128. The van der Waals surface area contributed by atoms with Crippen LogP contribution in [0.15, 0.2) is 59.1 Å². The number of nitrogens with one attached hydrogen (secondary N) is 1. The molecule has 0 aliphatic rings. The van der Waals surface area contributed by atoms with Crippen molar-refractivity contribution in [2.75, 3.05) is 11.1 Å². The molecule has 4 nitrogen and oxygen atoms in total. The van der Waals surface area contributed by atoms with Crippen LogP contribution in [0.2, 0.25) is 10.0 Å². The van der Waals surface area contributed by atoms with Crippen LogP contribution in [-0.2, 0) is 0 Å². The molecule has 0 unspecified atom stereocenters. The van der Waals surface area contributed by atoms with Gasteiger partial charge in [-0.25, -0.2) is 0 Å². The fourth-order valence-corrected chi connectivity index (χ4v) is 3.17. The Bertz CT molecular complexity index is 883. The molecule has 0 aromatic heterocycles. The van der Waals surface area contributed by atoms with Crippen LogP contribution in [0, 0.1) is 22.7 Å². The maximum absolute atomic E-state index is 12.2. The zero-order valence-electron chi connectivity index (χ0n) is 12.8. The standard InChI is InChI=1S/C18H11Cl2N3OS/c19-14-6-7-16(15(20)8-14)23-18(13(9-21)10-22)25-11-17(24)12-4-2-1-3-5-12/h1-8,23H,11H2. The summed E-state index contributed by atoms with van der Waals surface area (Å²) >= 11 is 13.0. The van der Waals surface area contributed by atoms with Gasteiger partial charge in [-0.1, -0.05) is 65.3 Å². The van der Waals surface area contributed by atoms with Gasteiger partial charge < -0.3 is 5.32 Å². The van der Waals surface area contributed by atoms with E-state index in [0.29, 0.717) is 21.3 Å². The van der Waals surface area contributed by atoms with E-state index >= 15 is 0 Å². The fourth-order valence-electron chi connectivity index (χ4n) is 1.86. The summed E-state index contributed by atoms with van der Waals surface area (Å²) in [6, 6.07) is 17.2. The lowest BCUT2D eigenvalue weighted by Gasteiger charge is -2.12. The minimum absolute atomic E-state index is 0.0738. The molecule has 0 saturated carbocycles. The summed E-state index contributed by atoms with van der Waals surface area (Å²) in [6.45, 7) is 0. The number of thioether (sulfide) groups is 1. The van der Waals surface area contributed by atoms with Crippen LogP contribution in [0.1, 0.15) is 10.4 Å². The van der Waals surface area contributed by atoms with Crippen LogP contribution >= 0.6 is 35.0 Å². The SMILES string of the molecule is N#CC(C#N)=C(Nc1ccc(Cl)cc1Cl)SCC(=O)c1ccccc1. The van der Waals surface area contributed by atoms with Gasteiger partial charge in [-0.15, -0.1) is 0 Å². The highest BCUT2D eigenvalue weighted by molar-refractivity contribution is 8.03. The molecule has 0 amide bonds. The Balaban J connectivity index is 2.21. The highest BCUT2D eigenvalue weighted by Gasteiger charge is 2.13. The van der Waals surface area contributed by atoms with Crippen molar-refractivity contribution in [1.29, 1.82) is 10.5 Å². The van der Waals surface area contributed by atoms with E-state index in [1.807, 2.05) is 18.2 Å². The number of Topliss-reactive ketones (excluding diaryl/α,β-unsaturated/α-hetero) is 1. The van der Waals surface area contributed by atoms with Gasteiger partial charge >= 0.3 is 0 Å². The molecular weight excluding hydrogens is 377 g/mol. The lowest BCUT2D eigenvalue weighted by molar-refractivity contribution is 0.102. The molecule has 0 fully saturated rings. The van der Waals surface area contributed by atoms with Gasteiger partial charge in [0.2, 0.25) is 0 Å². The molecular formula is C18H11Cl2N3OS. The van der Waals surface area contributed by atoms with Crippen LogP contribution in [-0.4, -0.2) is 11.5 Å². The number of hydrogen-bond donors (Lipinski definition) is 1. The lowest BCUT2D eigenvalue weighted by Crippen LogP contribution is -2.06. The van der Waals surface area contributed by atoms with Crippen molar-refractivity contribution in [3.05, 3.63) is 74.7 Å². The predicted octanol–water partition coefficient (Wildman–Crippen LogP) is 5.28. The number of carbonyl (C=O) groups excluding carboxylic acids is 1.